The van der Waals surface area contributed by atoms with Crippen LogP contribution in [0.3, 0.4) is 0 Å². The van der Waals surface area contributed by atoms with Gasteiger partial charge < -0.3 is 14.6 Å². The van der Waals surface area contributed by atoms with Crippen molar-refractivity contribution in [3.8, 4) is 0 Å². The smallest absolute Gasteiger partial charge is 0.237 e. The number of benzene rings is 1. The van der Waals surface area contributed by atoms with E-state index in [1.165, 1.54) is 30.0 Å². The van der Waals surface area contributed by atoms with Gasteiger partial charge in [-0.3, -0.25) is 9.36 Å². The number of hydrogen-bond acceptors (Lipinski definition) is 6. The average Bonchev–Trinajstić information content (AvgIpc) is 3.41. The van der Waals surface area contributed by atoms with Gasteiger partial charge in [-0.2, -0.15) is 0 Å². The molecule has 1 atom stereocenters. The average molecular weight is 478 g/mol. The Hall–Kier alpha value is -2.52. The molecule has 1 aliphatic heterocycles. The molecular weight excluding hydrogens is 453 g/mol. The summed E-state index contributed by atoms with van der Waals surface area (Å²) in [6.07, 6.45) is 3.85. The third-order valence-electron chi connectivity index (χ3n) is 5.50. The quantitative estimate of drug-likeness (QED) is 0.479. The summed E-state index contributed by atoms with van der Waals surface area (Å²) in [5, 5.41) is 11.9. The molecule has 1 unspecified atom stereocenters. The van der Waals surface area contributed by atoms with Gasteiger partial charge in [-0.25, -0.2) is 4.39 Å². The Balaban J connectivity index is 1.52. The van der Waals surface area contributed by atoms with Crippen LogP contribution >= 0.6 is 23.4 Å². The number of thioether (sulfide) groups is 1. The Bertz CT molecular complexity index is 1070. The van der Waals surface area contributed by atoms with Crippen molar-refractivity contribution in [3.05, 3.63) is 53.2 Å². The van der Waals surface area contributed by atoms with Gasteiger partial charge in [-0.05, 0) is 56.0 Å². The molecule has 4 rings (SSSR count). The molecule has 1 aromatic carbocycles. The first-order valence-corrected chi connectivity index (χ1v) is 11.8. The topological polar surface area (TPSA) is 76.2 Å². The Kier molecular flexibility index (Phi) is 7.05. The minimum absolute atomic E-state index is 0.151. The van der Waals surface area contributed by atoms with E-state index in [2.05, 4.69) is 27.3 Å². The third-order valence-corrected chi connectivity index (χ3v) is 6.89. The van der Waals surface area contributed by atoms with E-state index in [0.29, 0.717) is 23.3 Å². The van der Waals surface area contributed by atoms with Crippen LogP contribution in [0.4, 0.5) is 16.0 Å². The van der Waals surface area contributed by atoms with Crippen molar-refractivity contribution in [2.45, 2.75) is 43.6 Å². The van der Waals surface area contributed by atoms with Crippen LogP contribution in [0.15, 0.2) is 46.2 Å². The maximum Gasteiger partial charge on any atom is 0.237 e. The van der Waals surface area contributed by atoms with Crippen LogP contribution in [-0.4, -0.2) is 39.0 Å². The van der Waals surface area contributed by atoms with Crippen LogP contribution in [0.1, 0.15) is 32.4 Å². The lowest BCUT2D eigenvalue weighted by Crippen LogP contribution is -2.35. The first kappa shape index (κ1) is 22.7. The van der Waals surface area contributed by atoms with E-state index in [9.17, 15) is 9.18 Å². The van der Waals surface area contributed by atoms with Gasteiger partial charge in [0.15, 0.2) is 5.16 Å². The van der Waals surface area contributed by atoms with E-state index >= 15 is 0 Å². The minimum Gasteiger partial charge on any atom is -0.467 e. The Morgan fingerprint density at radius 3 is 2.81 bits per heavy atom. The molecule has 0 spiro atoms. The van der Waals surface area contributed by atoms with Gasteiger partial charge in [-0.1, -0.05) is 30.3 Å². The molecule has 7 nitrogen and oxygen atoms in total. The lowest BCUT2D eigenvalue weighted by Gasteiger charge is -2.31. The molecular formula is C22H25ClFN5O2S. The van der Waals surface area contributed by atoms with Gasteiger partial charge in [0.25, 0.3) is 0 Å². The molecule has 32 heavy (non-hydrogen) atoms. The molecule has 10 heteroatoms. The van der Waals surface area contributed by atoms with Gasteiger partial charge in [0.05, 0.1) is 28.8 Å². The molecule has 0 aliphatic carbocycles. The number of furan rings is 1. The Morgan fingerprint density at radius 2 is 2.12 bits per heavy atom. The molecule has 0 saturated carbocycles. The van der Waals surface area contributed by atoms with Crippen molar-refractivity contribution in [3.63, 3.8) is 0 Å². The standard InChI is InChI=1S/C22H25ClFN5O2S/c1-14-7-9-28(10-8-14)21-26-27-22(29(21)13-17-4-3-11-31-17)32-15(2)20(30)25-19-6-5-16(24)12-18(19)23/h3-6,11-12,14-15H,7-10,13H2,1-2H3,(H,25,30). The monoisotopic (exact) mass is 477 g/mol. The molecule has 3 aromatic rings. The third kappa shape index (κ3) is 5.27. The van der Waals surface area contributed by atoms with E-state index in [1.54, 1.807) is 13.2 Å². The fraction of sp³-hybridized carbons (Fsp3) is 0.409. The second kappa shape index (κ2) is 9.95. The fourth-order valence-electron chi connectivity index (χ4n) is 3.54. The summed E-state index contributed by atoms with van der Waals surface area (Å²) in [5.41, 5.74) is 0.366. The van der Waals surface area contributed by atoms with E-state index in [-0.39, 0.29) is 10.9 Å². The number of anilines is 2. The Morgan fingerprint density at radius 1 is 1.34 bits per heavy atom. The second-order valence-electron chi connectivity index (χ2n) is 7.99. The fourth-order valence-corrected chi connectivity index (χ4v) is 4.60. The summed E-state index contributed by atoms with van der Waals surface area (Å²) in [6.45, 7) is 6.36. The summed E-state index contributed by atoms with van der Waals surface area (Å²) >= 11 is 7.34. The summed E-state index contributed by atoms with van der Waals surface area (Å²) in [7, 11) is 0. The van der Waals surface area contributed by atoms with Crippen LogP contribution in [0.5, 0.6) is 0 Å². The van der Waals surface area contributed by atoms with E-state index < -0.39 is 11.1 Å². The zero-order valence-corrected chi connectivity index (χ0v) is 19.5. The van der Waals surface area contributed by atoms with Crippen LogP contribution in [0, 0.1) is 11.7 Å². The van der Waals surface area contributed by atoms with E-state index in [1.807, 2.05) is 16.7 Å². The molecule has 1 fully saturated rings. The van der Waals surface area contributed by atoms with Crippen molar-refractivity contribution in [2.24, 2.45) is 5.92 Å². The summed E-state index contributed by atoms with van der Waals surface area (Å²) in [5.74, 6) is 1.55. The number of halogens is 2. The highest BCUT2D eigenvalue weighted by atomic mass is 35.5. The summed E-state index contributed by atoms with van der Waals surface area (Å²) in [4.78, 5) is 15.0. The molecule has 170 valence electrons. The zero-order valence-electron chi connectivity index (χ0n) is 17.9. The van der Waals surface area contributed by atoms with Gasteiger partial charge in [0.1, 0.15) is 11.6 Å². The number of carbonyl (C=O) groups is 1. The predicted molar refractivity (Wildman–Crippen MR) is 124 cm³/mol. The van der Waals surface area contributed by atoms with E-state index in [4.69, 9.17) is 16.0 Å². The van der Waals surface area contributed by atoms with Gasteiger partial charge in [0, 0.05) is 13.1 Å². The van der Waals surface area contributed by atoms with Crippen LogP contribution in [-0.2, 0) is 11.3 Å². The molecule has 1 aliphatic rings. The highest BCUT2D eigenvalue weighted by Gasteiger charge is 2.26. The van der Waals surface area contributed by atoms with Crippen LogP contribution < -0.4 is 10.2 Å². The predicted octanol–water partition coefficient (Wildman–Crippen LogP) is 5.07. The number of hydrogen-bond donors (Lipinski definition) is 1. The number of nitrogens with zero attached hydrogens (tertiary/aromatic N) is 4. The van der Waals surface area contributed by atoms with Crippen molar-refractivity contribution in [2.75, 3.05) is 23.3 Å². The lowest BCUT2D eigenvalue weighted by atomic mass is 10.00. The zero-order chi connectivity index (χ0) is 22.7. The van der Waals surface area contributed by atoms with E-state index in [0.717, 1.165) is 37.6 Å². The number of piperidine rings is 1. The van der Waals surface area contributed by atoms with Crippen molar-refractivity contribution >= 4 is 40.9 Å². The van der Waals surface area contributed by atoms with Gasteiger partial charge >= 0.3 is 0 Å². The number of rotatable bonds is 7. The van der Waals surface area contributed by atoms with Crippen LogP contribution in [0.25, 0.3) is 0 Å². The highest BCUT2D eigenvalue weighted by Crippen LogP contribution is 2.30. The molecule has 3 heterocycles. The first-order valence-electron chi connectivity index (χ1n) is 10.5. The second-order valence-corrected chi connectivity index (χ2v) is 9.71. The number of nitrogens with one attached hydrogen (secondary N) is 1. The Labute approximate surface area is 195 Å². The molecule has 1 N–H and O–H groups in total. The molecule has 2 aromatic heterocycles. The van der Waals surface area contributed by atoms with Crippen LogP contribution in [0.2, 0.25) is 5.02 Å². The number of carbonyl (C=O) groups excluding carboxylic acids is 1. The maximum absolute atomic E-state index is 13.3. The number of aromatic nitrogens is 3. The molecule has 1 amide bonds. The maximum atomic E-state index is 13.3. The van der Waals surface area contributed by atoms with Crippen molar-refractivity contribution in [1.29, 1.82) is 0 Å². The lowest BCUT2D eigenvalue weighted by molar-refractivity contribution is -0.115. The minimum atomic E-state index is -0.482. The molecule has 1 saturated heterocycles. The SMILES string of the molecule is CC1CCN(c2nnc(SC(C)C(=O)Nc3ccc(F)cc3Cl)n2Cc2ccco2)CC1. The molecule has 0 radical (unpaired) electrons. The summed E-state index contributed by atoms with van der Waals surface area (Å²) < 4.78 is 20.8. The van der Waals surface area contributed by atoms with Gasteiger partial charge in [0.2, 0.25) is 11.9 Å². The van der Waals surface area contributed by atoms with Crippen molar-refractivity contribution < 1.29 is 13.6 Å². The summed E-state index contributed by atoms with van der Waals surface area (Å²) in [6, 6.07) is 7.62. The molecule has 0 bridgehead atoms. The largest absolute Gasteiger partial charge is 0.467 e. The highest BCUT2D eigenvalue weighted by molar-refractivity contribution is 8.00. The van der Waals surface area contributed by atoms with Gasteiger partial charge in [-0.15, -0.1) is 10.2 Å². The number of amides is 1. The van der Waals surface area contributed by atoms with Crippen molar-refractivity contribution in [1.82, 2.24) is 14.8 Å². The normalized spacial score (nSPS) is 15.7. The first-order chi connectivity index (χ1) is 15.4.